The van der Waals surface area contributed by atoms with Gasteiger partial charge in [0.1, 0.15) is 5.82 Å². The van der Waals surface area contributed by atoms with Gasteiger partial charge in [0.2, 0.25) is 17.7 Å². The average molecular weight is 365 g/mol. The van der Waals surface area contributed by atoms with Crippen LogP contribution in [-0.2, 0) is 16.6 Å². The van der Waals surface area contributed by atoms with Crippen LogP contribution in [0.3, 0.4) is 0 Å². The maximum absolute atomic E-state index is 12.1. The van der Waals surface area contributed by atoms with Crippen LogP contribution in [0.5, 0.6) is 0 Å². The van der Waals surface area contributed by atoms with Crippen LogP contribution in [-0.4, -0.2) is 26.1 Å². The second kappa shape index (κ2) is 8.07. The summed E-state index contributed by atoms with van der Waals surface area (Å²) in [6, 6.07) is 9.60. The number of hydrogen-bond donors (Lipinski definition) is 1. The fraction of sp³-hybridized carbons (Fsp3) is 0.350. The minimum atomic E-state index is -0.120. The Balaban J connectivity index is 1.47. The van der Waals surface area contributed by atoms with Crippen molar-refractivity contribution in [2.45, 2.75) is 45.4 Å². The largest absolute Gasteiger partial charge is 0.421 e. The normalized spacial score (nSPS) is 11.4. The molecule has 2 aromatic heterocycles. The Morgan fingerprint density at radius 3 is 2.44 bits per heavy atom. The van der Waals surface area contributed by atoms with Crippen LogP contribution < -0.4 is 5.32 Å². The second-order valence-corrected chi connectivity index (χ2v) is 7.31. The molecule has 0 saturated heterocycles. The highest BCUT2D eigenvalue weighted by Gasteiger charge is 2.17. The number of nitrogens with one attached hydrogen (secondary N) is 1. The zero-order valence-electron chi connectivity index (χ0n) is 15.8. The predicted molar refractivity (Wildman–Crippen MR) is 102 cm³/mol. The van der Waals surface area contributed by atoms with Crippen LogP contribution in [0.25, 0.3) is 11.5 Å². The number of carbonyl (C=O) groups is 1. The van der Waals surface area contributed by atoms with Gasteiger partial charge in [0.05, 0.1) is 18.1 Å². The van der Waals surface area contributed by atoms with E-state index < -0.39 is 0 Å². The summed E-state index contributed by atoms with van der Waals surface area (Å²) in [6.45, 7) is 6.13. The van der Waals surface area contributed by atoms with E-state index in [9.17, 15) is 4.79 Å². The van der Waals surface area contributed by atoms with Gasteiger partial charge in [0.15, 0.2) is 0 Å². The first-order chi connectivity index (χ1) is 12.9. The van der Waals surface area contributed by atoms with Crippen molar-refractivity contribution in [3.63, 3.8) is 0 Å². The monoisotopic (exact) mass is 365 g/mol. The molecule has 1 N–H and O–H groups in total. The van der Waals surface area contributed by atoms with Crippen molar-refractivity contribution in [1.82, 2.24) is 20.2 Å². The average Bonchev–Trinajstić information content (AvgIpc) is 3.11. The van der Waals surface area contributed by atoms with Crippen molar-refractivity contribution in [3.05, 3.63) is 54.4 Å². The summed E-state index contributed by atoms with van der Waals surface area (Å²) in [7, 11) is 0. The van der Waals surface area contributed by atoms with Crippen LogP contribution in [0.2, 0.25) is 0 Å². The lowest BCUT2D eigenvalue weighted by atomic mass is 9.96. The van der Waals surface area contributed by atoms with E-state index in [0.29, 0.717) is 36.7 Å². The molecule has 1 aromatic carbocycles. The summed E-state index contributed by atoms with van der Waals surface area (Å²) in [5, 5.41) is 10.9. The molecule has 140 valence electrons. The Bertz CT molecular complexity index is 883. The first-order valence-corrected chi connectivity index (χ1v) is 8.92. The van der Waals surface area contributed by atoms with Crippen LogP contribution in [0, 0.1) is 0 Å². The molecule has 3 rings (SSSR count). The third kappa shape index (κ3) is 5.20. The first kappa shape index (κ1) is 18.7. The van der Waals surface area contributed by atoms with Crippen molar-refractivity contribution >= 4 is 11.6 Å². The highest BCUT2D eigenvalue weighted by molar-refractivity contribution is 5.90. The van der Waals surface area contributed by atoms with Gasteiger partial charge in [-0.25, -0.2) is 9.97 Å². The number of amides is 1. The molecule has 0 atom stereocenters. The first-order valence-electron chi connectivity index (χ1n) is 8.92. The van der Waals surface area contributed by atoms with Crippen molar-refractivity contribution < 1.29 is 9.21 Å². The van der Waals surface area contributed by atoms with Gasteiger partial charge in [-0.1, -0.05) is 39.0 Å². The molecule has 7 nitrogen and oxygen atoms in total. The fourth-order valence-electron chi connectivity index (χ4n) is 2.46. The topological polar surface area (TPSA) is 93.8 Å². The van der Waals surface area contributed by atoms with Gasteiger partial charge in [-0.2, -0.15) is 0 Å². The van der Waals surface area contributed by atoms with E-state index in [1.807, 2.05) is 51.1 Å². The summed E-state index contributed by atoms with van der Waals surface area (Å²) in [5.74, 6) is 1.67. The Morgan fingerprint density at radius 2 is 1.78 bits per heavy atom. The molecule has 0 spiro atoms. The van der Waals surface area contributed by atoms with Gasteiger partial charge >= 0.3 is 0 Å². The van der Waals surface area contributed by atoms with Crippen LogP contribution in [0.15, 0.2) is 47.1 Å². The van der Waals surface area contributed by atoms with Gasteiger partial charge in [-0.15, -0.1) is 10.2 Å². The number of nitrogens with zero attached hydrogens (tertiary/aromatic N) is 4. The molecule has 0 aliphatic carbocycles. The maximum atomic E-state index is 12.1. The number of aromatic nitrogens is 4. The van der Waals surface area contributed by atoms with Crippen molar-refractivity contribution in [2.24, 2.45) is 0 Å². The number of anilines is 1. The molecule has 0 saturated carbocycles. The Morgan fingerprint density at radius 1 is 1.07 bits per heavy atom. The number of rotatable bonds is 6. The standard InChI is InChI=1S/C20H23N5O2/c1-20(2,3)19-21-12-15(13-22-19)23-16(26)10-7-11-17-24-25-18(27-17)14-8-5-4-6-9-14/h4-6,8-9,12-13H,7,10-11H2,1-3H3,(H,23,26). The van der Waals surface area contributed by atoms with Gasteiger partial charge in [-0.3, -0.25) is 4.79 Å². The third-order valence-corrected chi connectivity index (χ3v) is 3.89. The van der Waals surface area contributed by atoms with Gasteiger partial charge < -0.3 is 9.73 Å². The molecular formula is C20H23N5O2. The summed E-state index contributed by atoms with van der Waals surface area (Å²) >= 11 is 0. The molecule has 0 aliphatic heterocycles. The van der Waals surface area contributed by atoms with E-state index >= 15 is 0 Å². The quantitative estimate of drug-likeness (QED) is 0.714. The highest BCUT2D eigenvalue weighted by Crippen LogP contribution is 2.19. The molecule has 0 fully saturated rings. The zero-order valence-corrected chi connectivity index (χ0v) is 15.8. The molecule has 2 heterocycles. The van der Waals surface area contributed by atoms with Crippen LogP contribution in [0.1, 0.15) is 45.3 Å². The summed E-state index contributed by atoms with van der Waals surface area (Å²) in [5.41, 5.74) is 1.36. The summed E-state index contributed by atoms with van der Waals surface area (Å²) < 4.78 is 5.64. The van der Waals surface area contributed by atoms with Crippen LogP contribution in [0.4, 0.5) is 5.69 Å². The minimum absolute atomic E-state index is 0.0927. The van der Waals surface area contributed by atoms with Gasteiger partial charge in [0.25, 0.3) is 0 Å². The van der Waals surface area contributed by atoms with E-state index in [2.05, 4.69) is 25.5 Å². The second-order valence-electron chi connectivity index (χ2n) is 7.31. The third-order valence-electron chi connectivity index (χ3n) is 3.89. The predicted octanol–water partition coefficient (Wildman–Crippen LogP) is 3.79. The Hall–Kier alpha value is -3.09. The Kier molecular flexibility index (Phi) is 5.59. The number of benzene rings is 1. The van der Waals surface area contributed by atoms with E-state index in [1.54, 1.807) is 12.4 Å². The van der Waals surface area contributed by atoms with Crippen LogP contribution >= 0.6 is 0 Å². The lowest BCUT2D eigenvalue weighted by molar-refractivity contribution is -0.116. The molecular weight excluding hydrogens is 342 g/mol. The molecule has 3 aromatic rings. The van der Waals surface area contributed by atoms with Gasteiger partial charge in [-0.05, 0) is 18.6 Å². The smallest absolute Gasteiger partial charge is 0.247 e. The SMILES string of the molecule is CC(C)(C)c1ncc(NC(=O)CCCc2nnc(-c3ccccc3)o2)cn1. The highest BCUT2D eigenvalue weighted by atomic mass is 16.4. The molecule has 0 unspecified atom stereocenters. The Labute approximate surface area is 158 Å². The minimum Gasteiger partial charge on any atom is -0.421 e. The van der Waals surface area contributed by atoms with Crippen molar-refractivity contribution in [2.75, 3.05) is 5.32 Å². The van der Waals surface area contributed by atoms with Crippen molar-refractivity contribution in [3.8, 4) is 11.5 Å². The number of carbonyl (C=O) groups excluding carboxylic acids is 1. The molecule has 7 heteroatoms. The lowest BCUT2D eigenvalue weighted by Crippen LogP contribution is -2.17. The van der Waals surface area contributed by atoms with E-state index in [0.717, 1.165) is 11.4 Å². The molecule has 27 heavy (non-hydrogen) atoms. The molecule has 1 amide bonds. The maximum Gasteiger partial charge on any atom is 0.247 e. The molecule has 0 aliphatic rings. The van der Waals surface area contributed by atoms with Crippen molar-refractivity contribution in [1.29, 1.82) is 0 Å². The van der Waals surface area contributed by atoms with E-state index in [4.69, 9.17) is 4.42 Å². The van der Waals surface area contributed by atoms with E-state index in [1.165, 1.54) is 0 Å². The summed E-state index contributed by atoms with van der Waals surface area (Å²) in [4.78, 5) is 20.7. The number of hydrogen-bond acceptors (Lipinski definition) is 6. The van der Waals surface area contributed by atoms with E-state index in [-0.39, 0.29) is 11.3 Å². The molecule has 0 bridgehead atoms. The summed E-state index contributed by atoms with van der Waals surface area (Å²) in [6.07, 6.45) is 4.78. The number of aryl methyl sites for hydroxylation is 1. The van der Waals surface area contributed by atoms with Gasteiger partial charge in [0, 0.05) is 23.8 Å². The lowest BCUT2D eigenvalue weighted by Gasteiger charge is -2.16. The molecule has 0 radical (unpaired) electrons. The fourth-order valence-corrected chi connectivity index (χ4v) is 2.46. The zero-order chi connectivity index (χ0) is 19.3.